The van der Waals surface area contributed by atoms with Crippen molar-refractivity contribution < 1.29 is 4.42 Å². The summed E-state index contributed by atoms with van der Waals surface area (Å²) < 4.78 is 8.67. The van der Waals surface area contributed by atoms with E-state index in [1.54, 1.807) is 0 Å². The minimum Gasteiger partial charge on any atom is -0.456 e. The Balaban J connectivity index is 1.01. The highest BCUT2D eigenvalue weighted by molar-refractivity contribution is 6.24. The Morgan fingerprint density at radius 3 is 1.97 bits per heavy atom. The number of furan rings is 1. The fraction of sp³-hybridized carbons (Fsp3) is 0.0500. The number of hydrogen-bond acceptors (Lipinski definition) is 4. The van der Waals surface area contributed by atoms with Crippen molar-refractivity contribution in [2.75, 3.05) is 0 Å². The standard InChI is InChI=1S/C60H38N4O/c1-60(2)49-23-19-39(40-21-26-54-46(31-40)44-17-9-10-18-53(44)65-54)32-47(49)58-59(60)63-56(36-27-29-61-30-28-36)57(62-58)45-22-25-50(43-16-8-7-15-42(43)45)64-51-24-20-35-11-5-6-14-41(35)55(51)48-33-37-12-3-4-13-38(37)34-52(48)64/h3-34H,1-2H3. The summed E-state index contributed by atoms with van der Waals surface area (Å²) >= 11 is 0. The number of aromatic nitrogens is 4. The third-order valence-corrected chi connectivity index (χ3v) is 14.0. The predicted octanol–water partition coefficient (Wildman–Crippen LogP) is 15.6. The van der Waals surface area contributed by atoms with Crippen molar-refractivity contribution in [1.29, 1.82) is 0 Å². The van der Waals surface area contributed by atoms with Gasteiger partial charge in [0.25, 0.3) is 0 Å². The first-order chi connectivity index (χ1) is 32.0. The molecule has 1 aliphatic carbocycles. The van der Waals surface area contributed by atoms with Crippen LogP contribution in [0.3, 0.4) is 0 Å². The molecule has 0 fully saturated rings. The summed E-state index contributed by atoms with van der Waals surface area (Å²) in [7, 11) is 0. The predicted molar refractivity (Wildman–Crippen MR) is 268 cm³/mol. The molecule has 65 heavy (non-hydrogen) atoms. The Labute approximate surface area is 373 Å². The summed E-state index contributed by atoms with van der Waals surface area (Å²) in [5, 5.41) is 11.9. The number of fused-ring (bicyclic) bond motifs is 13. The fourth-order valence-corrected chi connectivity index (χ4v) is 10.9. The summed E-state index contributed by atoms with van der Waals surface area (Å²) in [6.45, 7) is 4.54. The van der Waals surface area contributed by atoms with Crippen LogP contribution < -0.4 is 0 Å². The molecule has 4 aromatic heterocycles. The zero-order valence-electron chi connectivity index (χ0n) is 35.7. The Morgan fingerprint density at radius 2 is 1.12 bits per heavy atom. The van der Waals surface area contributed by atoms with E-state index in [4.69, 9.17) is 14.4 Å². The van der Waals surface area contributed by atoms with Crippen LogP contribution in [0.2, 0.25) is 0 Å². The smallest absolute Gasteiger partial charge is 0.135 e. The van der Waals surface area contributed by atoms with Crippen LogP contribution in [0.25, 0.3) is 127 Å². The van der Waals surface area contributed by atoms with Gasteiger partial charge in [-0.3, -0.25) is 4.98 Å². The number of pyridine rings is 1. The van der Waals surface area contributed by atoms with Crippen LogP contribution in [0.1, 0.15) is 25.1 Å². The lowest BCUT2D eigenvalue weighted by molar-refractivity contribution is 0.636. The van der Waals surface area contributed by atoms with Gasteiger partial charge in [0.15, 0.2) is 0 Å². The highest BCUT2D eigenvalue weighted by Gasteiger charge is 2.40. The van der Waals surface area contributed by atoms with Crippen LogP contribution in [0.4, 0.5) is 0 Å². The summed E-state index contributed by atoms with van der Waals surface area (Å²) in [4.78, 5) is 15.8. The molecule has 0 spiro atoms. The van der Waals surface area contributed by atoms with Gasteiger partial charge in [0.05, 0.1) is 39.5 Å². The third kappa shape index (κ3) is 5.18. The van der Waals surface area contributed by atoms with Gasteiger partial charge in [0.2, 0.25) is 0 Å². The van der Waals surface area contributed by atoms with E-state index in [9.17, 15) is 0 Å². The van der Waals surface area contributed by atoms with Crippen molar-refractivity contribution in [3.8, 4) is 50.6 Å². The van der Waals surface area contributed by atoms with Crippen LogP contribution in [0.5, 0.6) is 0 Å². The quantitative estimate of drug-likeness (QED) is 0.177. The zero-order valence-corrected chi connectivity index (χ0v) is 35.7. The van der Waals surface area contributed by atoms with Crippen LogP contribution in [0, 0.1) is 0 Å². The van der Waals surface area contributed by atoms with E-state index in [2.05, 4.69) is 181 Å². The minimum atomic E-state index is -0.377. The van der Waals surface area contributed by atoms with Crippen LogP contribution in [-0.2, 0) is 5.41 Å². The molecule has 0 bridgehead atoms. The average Bonchev–Trinajstić information content (AvgIpc) is 3.97. The normalized spacial score (nSPS) is 13.2. The molecule has 13 aromatic rings. The first-order valence-electron chi connectivity index (χ1n) is 22.2. The summed E-state index contributed by atoms with van der Waals surface area (Å²) in [6, 6.07) is 65.7. The highest BCUT2D eigenvalue weighted by atomic mass is 16.3. The second kappa shape index (κ2) is 13.3. The van der Waals surface area contributed by atoms with E-state index in [0.29, 0.717) is 0 Å². The minimum absolute atomic E-state index is 0.377. The Morgan fingerprint density at radius 1 is 0.431 bits per heavy atom. The van der Waals surface area contributed by atoms with Gasteiger partial charge in [-0.15, -0.1) is 0 Å². The van der Waals surface area contributed by atoms with E-state index < -0.39 is 0 Å². The van der Waals surface area contributed by atoms with E-state index >= 15 is 0 Å². The molecule has 0 aliphatic heterocycles. The van der Waals surface area contributed by atoms with Gasteiger partial charge >= 0.3 is 0 Å². The molecule has 0 atom stereocenters. The monoisotopic (exact) mass is 830 g/mol. The van der Waals surface area contributed by atoms with Crippen molar-refractivity contribution in [2.45, 2.75) is 19.3 Å². The van der Waals surface area contributed by atoms with Crippen molar-refractivity contribution >= 4 is 76.1 Å². The van der Waals surface area contributed by atoms with Gasteiger partial charge in [-0.2, -0.15) is 0 Å². The first-order valence-corrected chi connectivity index (χ1v) is 22.2. The second-order valence-electron chi connectivity index (χ2n) is 18.0. The molecule has 0 saturated carbocycles. The lowest BCUT2D eigenvalue weighted by Crippen LogP contribution is -2.17. The zero-order chi connectivity index (χ0) is 43.0. The SMILES string of the molecule is CC1(C)c2ccc(-c3ccc4oc5ccccc5c4c3)cc2-c2nc(-c3ccc(-n4c5cc6ccccc6cc5c5c6ccccc6ccc54)c4ccccc34)c(-c3ccncc3)nc21. The molecule has 14 rings (SSSR count). The maximum absolute atomic E-state index is 6.20. The molecule has 5 nitrogen and oxygen atoms in total. The van der Waals surface area contributed by atoms with Crippen molar-refractivity contribution in [3.63, 3.8) is 0 Å². The van der Waals surface area contributed by atoms with Gasteiger partial charge in [-0.05, 0) is 110 Å². The van der Waals surface area contributed by atoms with Crippen LogP contribution >= 0.6 is 0 Å². The van der Waals surface area contributed by atoms with Crippen molar-refractivity contribution in [2.24, 2.45) is 0 Å². The molecule has 0 saturated heterocycles. The van der Waals surface area contributed by atoms with Crippen LogP contribution in [-0.4, -0.2) is 19.5 Å². The van der Waals surface area contributed by atoms with Gasteiger partial charge in [0.1, 0.15) is 11.2 Å². The largest absolute Gasteiger partial charge is 0.456 e. The molecule has 0 unspecified atom stereocenters. The Bertz CT molecular complexity index is 4160. The molecule has 1 aliphatic rings. The molecule has 0 N–H and O–H groups in total. The molecule has 304 valence electrons. The molecular formula is C60H38N4O. The number of nitrogens with zero attached hydrogens (tertiary/aromatic N) is 4. The van der Waals surface area contributed by atoms with Crippen LogP contribution in [0.15, 0.2) is 199 Å². The maximum Gasteiger partial charge on any atom is 0.135 e. The average molecular weight is 831 g/mol. The van der Waals surface area contributed by atoms with Crippen molar-refractivity contribution in [1.82, 2.24) is 19.5 Å². The number of rotatable bonds is 4. The molecule has 9 aromatic carbocycles. The number of hydrogen-bond donors (Lipinski definition) is 0. The first kappa shape index (κ1) is 36.1. The fourth-order valence-electron chi connectivity index (χ4n) is 10.9. The van der Waals surface area contributed by atoms with Gasteiger partial charge in [-0.1, -0.05) is 129 Å². The Kier molecular flexibility index (Phi) is 7.39. The lowest BCUT2D eigenvalue weighted by Gasteiger charge is -2.22. The van der Waals surface area contributed by atoms with E-state index in [1.165, 1.54) is 48.9 Å². The summed E-state index contributed by atoms with van der Waals surface area (Å²) in [6.07, 6.45) is 3.69. The van der Waals surface area contributed by atoms with Gasteiger partial charge in [0, 0.05) is 61.4 Å². The van der Waals surface area contributed by atoms with E-state index in [-0.39, 0.29) is 5.41 Å². The van der Waals surface area contributed by atoms with Gasteiger partial charge in [-0.25, -0.2) is 9.97 Å². The number of benzene rings is 9. The topological polar surface area (TPSA) is 56.7 Å². The van der Waals surface area contributed by atoms with Gasteiger partial charge < -0.3 is 8.98 Å². The third-order valence-electron chi connectivity index (χ3n) is 14.0. The summed E-state index contributed by atoms with van der Waals surface area (Å²) in [5.74, 6) is 0. The lowest BCUT2D eigenvalue weighted by atomic mass is 9.84. The number of para-hydroxylation sites is 1. The second-order valence-corrected chi connectivity index (χ2v) is 18.0. The highest BCUT2D eigenvalue weighted by Crippen LogP contribution is 2.51. The van der Waals surface area contributed by atoms with E-state index in [0.717, 1.165) is 89.0 Å². The molecular weight excluding hydrogens is 793 g/mol. The molecule has 0 amide bonds. The molecule has 4 heterocycles. The molecule has 5 heteroatoms. The maximum atomic E-state index is 6.20. The summed E-state index contributed by atoms with van der Waals surface area (Å²) in [5.41, 5.74) is 15.1. The van der Waals surface area contributed by atoms with E-state index in [1.807, 2.05) is 36.7 Å². The molecule has 0 radical (unpaired) electrons. The Hall–Kier alpha value is -8.41. The van der Waals surface area contributed by atoms with Crippen molar-refractivity contribution in [3.05, 3.63) is 206 Å².